The SMILES string of the molecule is Cc1cc(/C=C/C(=O)N(C)C(c2ccc(Cl)cc2)c2nccn2C)c(C)n1-c1ccnn1C(C)C. The molecular formula is C27H31ClN6O. The number of aromatic nitrogens is 5. The molecule has 0 radical (unpaired) electrons. The highest BCUT2D eigenvalue weighted by atomic mass is 35.5. The minimum atomic E-state index is -0.350. The summed E-state index contributed by atoms with van der Waals surface area (Å²) in [5.74, 6) is 1.66. The van der Waals surface area contributed by atoms with Gasteiger partial charge in [0.2, 0.25) is 5.91 Å². The molecule has 0 saturated carbocycles. The number of hydrogen-bond donors (Lipinski definition) is 0. The molecule has 0 bridgehead atoms. The summed E-state index contributed by atoms with van der Waals surface area (Å²) in [7, 11) is 3.72. The van der Waals surface area contributed by atoms with Crippen molar-refractivity contribution in [2.75, 3.05) is 7.05 Å². The molecule has 0 aliphatic rings. The Morgan fingerprint density at radius 2 is 1.83 bits per heavy atom. The molecule has 3 heterocycles. The average Bonchev–Trinajstić information content (AvgIpc) is 3.53. The summed E-state index contributed by atoms with van der Waals surface area (Å²) in [4.78, 5) is 19.6. The van der Waals surface area contributed by atoms with Gasteiger partial charge in [-0.25, -0.2) is 9.67 Å². The van der Waals surface area contributed by atoms with E-state index in [0.29, 0.717) is 5.02 Å². The average molecular weight is 491 g/mol. The molecule has 7 nitrogen and oxygen atoms in total. The molecule has 0 saturated heterocycles. The minimum absolute atomic E-state index is 0.120. The third kappa shape index (κ3) is 4.82. The van der Waals surface area contributed by atoms with Crippen LogP contribution in [-0.4, -0.2) is 41.8 Å². The lowest BCUT2D eigenvalue weighted by Gasteiger charge is -2.27. The predicted octanol–water partition coefficient (Wildman–Crippen LogP) is 5.52. The smallest absolute Gasteiger partial charge is 0.247 e. The highest BCUT2D eigenvalue weighted by Gasteiger charge is 2.26. The van der Waals surface area contributed by atoms with Crippen molar-refractivity contribution in [1.82, 2.24) is 28.8 Å². The van der Waals surface area contributed by atoms with E-state index in [-0.39, 0.29) is 18.0 Å². The van der Waals surface area contributed by atoms with Crippen LogP contribution in [0.15, 0.2) is 61.1 Å². The van der Waals surface area contributed by atoms with Crippen molar-refractivity contribution in [2.24, 2.45) is 7.05 Å². The van der Waals surface area contributed by atoms with Crippen LogP contribution in [0.4, 0.5) is 0 Å². The van der Waals surface area contributed by atoms with Crippen molar-refractivity contribution in [3.05, 3.63) is 94.4 Å². The first-order chi connectivity index (χ1) is 16.7. The van der Waals surface area contributed by atoms with Crippen molar-refractivity contribution in [3.8, 4) is 5.82 Å². The zero-order chi connectivity index (χ0) is 25.3. The van der Waals surface area contributed by atoms with Crippen LogP contribution in [-0.2, 0) is 11.8 Å². The van der Waals surface area contributed by atoms with Gasteiger partial charge in [0.05, 0.1) is 6.20 Å². The third-order valence-electron chi connectivity index (χ3n) is 6.27. The summed E-state index contributed by atoms with van der Waals surface area (Å²) in [5.41, 5.74) is 4.06. The van der Waals surface area contributed by atoms with Gasteiger partial charge >= 0.3 is 0 Å². The Morgan fingerprint density at radius 1 is 1.11 bits per heavy atom. The van der Waals surface area contributed by atoms with Crippen molar-refractivity contribution in [3.63, 3.8) is 0 Å². The number of nitrogens with zero attached hydrogens (tertiary/aromatic N) is 6. The monoisotopic (exact) mass is 490 g/mol. The number of imidazole rings is 1. The summed E-state index contributed by atoms with van der Waals surface area (Å²) in [5, 5.41) is 5.12. The normalized spacial score (nSPS) is 12.6. The number of halogens is 1. The molecule has 1 aromatic carbocycles. The van der Waals surface area contributed by atoms with E-state index in [4.69, 9.17) is 11.6 Å². The molecule has 8 heteroatoms. The molecular weight excluding hydrogens is 460 g/mol. The van der Waals surface area contributed by atoms with Gasteiger partial charge in [-0.3, -0.25) is 4.79 Å². The lowest BCUT2D eigenvalue weighted by atomic mass is 10.0. The van der Waals surface area contributed by atoms with Gasteiger partial charge < -0.3 is 14.0 Å². The third-order valence-corrected chi connectivity index (χ3v) is 6.52. The lowest BCUT2D eigenvalue weighted by molar-refractivity contribution is -0.126. The lowest BCUT2D eigenvalue weighted by Crippen LogP contribution is -2.32. The second-order valence-corrected chi connectivity index (χ2v) is 9.46. The van der Waals surface area contributed by atoms with Gasteiger partial charge in [0.1, 0.15) is 17.7 Å². The van der Waals surface area contributed by atoms with E-state index < -0.39 is 0 Å². The number of likely N-dealkylation sites (N-methyl/N-ethyl adjacent to an activating group) is 1. The van der Waals surface area contributed by atoms with Gasteiger partial charge in [0, 0.05) is 61.1 Å². The van der Waals surface area contributed by atoms with E-state index in [1.165, 1.54) is 0 Å². The number of hydrogen-bond acceptors (Lipinski definition) is 3. The number of carbonyl (C=O) groups excluding carboxylic acids is 1. The van der Waals surface area contributed by atoms with Crippen LogP contribution < -0.4 is 0 Å². The van der Waals surface area contributed by atoms with Crippen LogP contribution >= 0.6 is 11.6 Å². The fourth-order valence-corrected chi connectivity index (χ4v) is 4.55. The fraction of sp³-hybridized carbons (Fsp3) is 0.296. The molecule has 0 N–H and O–H groups in total. The Morgan fingerprint density at radius 3 is 2.46 bits per heavy atom. The molecule has 0 spiro atoms. The quantitative estimate of drug-likeness (QED) is 0.320. The highest BCUT2D eigenvalue weighted by molar-refractivity contribution is 6.30. The first-order valence-corrected chi connectivity index (χ1v) is 12.0. The zero-order valence-electron chi connectivity index (χ0n) is 21.0. The molecule has 4 rings (SSSR count). The first kappa shape index (κ1) is 24.5. The van der Waals surface area contributed by atoms with E-state index in [2.05, 4.69) is 48.4 Å². The standard InChI is InChI=1S/C27H31ClN6O/c1-18(2)34-24(13-14-30-34)33-19(3)17-22(20(33)4)9-12-25(35)32(6)26(27-29-15-16-31(27)5)21-7-10-23(28)11-8-21/h7-18,26H,1-6H3/b12-9+. The van der Waals surface area contributed by atoms with E-state index in [1.807, 2.05) is 65.1 Å². The minimum Gasteiger partial charge on any atom is -0.336 e. The molecule has 4 aromatic rings. The maximum absolute atomic E-state index is 13.3. The Balaban J connectivity index is 1.64. The summed E-state index contributed by atoms with van der Waals surface area (Å²) in [6.07, 6.45) is 8.94. The summed E-state index contributed by atoms with van der Waals surface area (Å²) in [6, 6.07) is 11.5. The highest BCUT2D eigenvalue weighted by Crippen LogP contribution is 2.28. The number of amides is 1. The fourth-order valence-electron chi connectivity index (χ4n) is 4.43. The van der Waals surface area contributed by atoms with E-state index in [0.717, 1.165) is 34.2 Å². The topological polar surface area (TPSA) is 60.9 Å². The molecule has 0 aliphatic carbocycles. The van der Waals surface area contributed by atoms with Crippen molar-refractivity contribution in [2.45, 2.75) is 39.8 Å². The molecule has 0 fully saturated rings. The van der Waals surface area contributed by atoms with Crippen LogP contribution in [0.5, 0.6) is 0 Å². The summed E-state index contributed by atoms with van der Waals surface area (Å²) in [6.45, 7) is 8.34. The van der Waals surface area contributed by atoms with Crippen LogP contribution in [0, 0.1) is 13.8 Å². The Kier molecular flexibility index (Phi) is 6.98. The molecule has 1 unspecified atom stereocenters. The van der Waals surface area contributed by atoms with Crippen molar-refractivity contribution < 1.29 is 4.79 Å². The maximum atomic E-state index is 13.3. The van der Waals surface area contributed by atoms with Crippen LogP contribution in [0.1, 0.15) is 54.3 Å². The van der Waals surface area contributed by atoms with Crippen LogP contribution in [0.2, 0.25) is 5.02 Å². The van der Waals surface area contributed by atoms with Gasteiger partial charge in [-0.2, -0.15) is 5.10 Å². The molecule has 35 heavy (non-hydrogen) atoms. The van der Waals surface area contributed by atoms with Gasteiger partial charge in [0.15, 0.2) is 0 Å². The molecule has 1 atom stereocenters. The van der Waals surface area contributed by atoms with E-state index in [1.54, 1.807) is 24.2 Å². The molecule has 3 aromatic heterocycles. The largest absolute Gasteiger partial charge is 0.336 e. The zero-order valence-corrected chi connectivity index (χ0v) is 21.7. The maximum Gasteiger partial charge on any atom is 0.247 e. The number of rotatable bonds is 7. The predicted molar refractivity (Wildman–Crippen MR) is 140 cm³/mol. The number of carbonyl (C=O) groups is 1. The second-order valence-electron chi connectivity index (χ2n) is 9.02. The number of benzene rings is 1. The Bertz CT molecular complexity index is 1360. The van der Waals surface area contributed by atoms with Crippen molar-refractivity contribution in [1.29, 1.82) is 0 Å². The Labute approximate surface area is 211 Å². The van der Waals surface area contributed by atoms with E-state index in [9.17, 15) is 4.79 Å². The summed E-state index contributed by atoms with van der Waals surface area (Å²) < 4.78 is 6.10. The van der Waals surface area contributed by atoms with Crippen molar-refractivity contribution >= 4 is 23.6 Å². The van der Waals surface area contributed by atoms with Crippen LogP contribution in [0.3, 0.4) is 0 Å². The molecule has 0 aliphatic heterocycles. The van der Waals surface area contributed by atoms with Gasteiger partial charge in [-0.15, -0.1) is 0 Å². The Hall–Kier alpha value is -3.58. The van der Waals surface area contributed by atoms with Gasteiger partial charge in [-0.05, 0) is 63.1 Å². The van der Waals surface area contributed by atoms with Gasteiger partial charge in [-0.1, -0.05) is 23.7 Å². The first-order valence-electron chi connectivity index (χ1n) is 11.6. The summed E-state index contributed by atoms with van der Waals surface area (Å²) >= 11 is 6.11. The molecule has 182 valence electrons. The second kappa shape index (κ2) is 9.96. The van der Waals surface area contributed by atoms with Gasteiger partial charge in [0.25, 0.3) is 0 Å². The number of aryl methyl sites for hydroxylation is 2. The van der Waals surface area contributed by atoms with E-state index >= 15 is 0 Å². The molecule has 1 amide bonds. The van der Waals surface area contributed by atoms with Crippen LogP contribution in [0.25, 0.3) is 11.9 Å².